The van der Waals surface area contributed by atoms with Crippen LogP contribution < -0.4 is 10.2 Å². The third kappa shape index (κ3) is 4.91. The molecule has 0 atom stereocenters. The molecule has 8 heteroatoms. The van der Waals surface area contributed by atoms with Crippen molar-refractivity contribution in [2.24, 2.45) is 0 Å². The molecule has 0 aliphatic carbocycles. The number of nitrogens with one attached hydrogen (secondary N) is 1. The minimum absolute atomic E-state index is 0.0644. The van der Waals surface area contributed by atoms with Crippen LogP contribution in [-0.2, 0) is 9.53 Å². The highest BCUT2D eigenvalue weighted by atomic mass is 32.2. The summed E-state index contributed by atoms with van der Waals surface area (Å²) < 4.78 is 7.52. The fraction of sp³-hybridized carbons (Fsp3) is 0.348. The number of aromatic nitrogens is 3. The number of aryl methyl sites for hydroxylation is 2. The van der Waals surface area contributed by atoms with Gasteiger partial charge in [0, 0.05) is 18.8 Å². The molecular formula is C23H27N5O2S. The highest BCUT2D eigenvalue weighted by molar-refractivity contribution is 7.99. The largest absolute Gasteiger partial charge is 0.378 e. The molecule has 1 N–H and O–H groups in total. The van der Waals surface area contributed by atoms with Crippen molar-refractivity contribution in [2.75, 3.05) is 42.3 Å². The number of carbonyl (C=O) groups is 1. The summed E-state index contributed by atoms with van der Waals surface area (Å²) in [5, 5.41) is 12.6. The van der Waals surface area contributed by atoms with E-state index in [0.717, 1.165) is 47.1 Å². The number of hydrogen-bond donors (Lipinski definition) is 1. The molecule has 1 aliphatic heterocycles. The van der Waals surface area contributed by atoms with Crippen LogP contribution in [0.5, 0.6) is 0 Å². The molecule has 1 fully saturated rings. The summed E-state index contributed by atoms with van der Waals surface area (Å²) in [7, 11) is 0. The molecule has 7 nitrogen and oxygen atoms in total. The molecule has 0 saturated carbocycles. The summed E-state index contributed by atoms with van der Waals surface area (Å²) in [6.45, 7) is 8.98. The van der Waals surface area contributed by atoms with Gasteiger partial charge in [-0.1, -0.05) is 36.0 Å². The fourth-order valence-corrected chi connectivity index (χ4v) is 4.27. The van der Waals surface area contributed by atoms with Gasteiger partial charge in [-0.05, 0) is 55.7 Å². The molecular weight excluding hydrogens is 410 g/mol. The summed E-state index contributed by atoms with van der Waals surface area (Å²) in [4.78, 5) is 14.8. The van der Waals surface area contributed by atoms with Crippen molar-refractivity contribution in [1.82, 2.24) is 14.8 Å². The molecule has 3 aromatic rings. The number of carbonyl (C=O) groups excluding carboxylic acids is 1. The molecule has 0 spiro atoms. The summed E-state index contributed by atoms with van der Waals surface area (Å²) in [6.07, 6.45) is 0. The molecule has 162 valence electrons. The van der Waals surface area contributed by atoms with Crippen LogP contribution in [0.15, 0.2) is 47.6 Å². The van der Waals surface area contributed by atoms with Gasteiger partial charge >= 0.3 is 0 Å². The minimum Gasteiger partial charge on any atom is -0.378 e. The van der Waals surface area contributed by atoms with Gasteiger partial charge in [0.1, 0.15) is 0 Å². The smallest absolute Gasteiger partial charge is 0.234 e. The predicted molar refractivity (Wildman–Crippen MR) is 124 cm³/mol. The zero-order valence-corrected chi connectivity index (χ0v) is 18.9. The van der Waals surface area contributed by atoms with Crippen molar-refractivity contribution in [1.29, 1.82) is 0 Å². The Hall–Kier alpha value is -2.84. The first kappa shape index (κ1) is 21.4. The molecule has 1 aliphatic rings. The number of morpholine rings is 1. The van der Waals surface area contributed by atoms with E-state index in [1.165, 1.54) is 11.8 Å². The Labute approximate surface area is 186 Å². The molecule has 0 radical (unpaired) electrons. The van der Waals surface area contributed by atoms with Crippen LogP contribution in [0.2, 0.25) is 0 Å². The molecule has 1 aromatic heterocycles. The van der Waals surface area contributed by atoms with Crippen LogP contribution in [0.4, 0.5) is 11.6 Å². The first-order valence-corrected chi connectivity index (χ1v) is 11.4. The van der Waals surface area contributed by atoms with Gasteiger partial charge in [0.25, 0.3) is 0 Å². The second-order valence-electron chi connectivity index (χ2n) is 7.64. The maximum Gasteiger partial charge on any atom is 0.234 e. The fourth-order valence-electron chi connectivity index (χ4n) is 3.52. The minimum atomic E-state index is -0.0644. The van der Waals surface area contributed by atoms with Gasteiger partial charge in [-0.25, -0.2) is 0 Å². The van der Waals surface area contributed by atoms with Crippen LogP contribution in [0.25, 0.3) is 5.69 Å². The summed E-state index contributed by atoms with van der Waals surface area (Å²) in [6, 6.07) is 14.2. The van der Waals surface area contributed by atoms with Crippen molar-refractivity contribution in [2.45, 2.75) is 25.9 Å². The van der Waals surface area contributed by atoms with Gasteiger partial charge in [-0.3, -0.25) is 9.36 Å². The first-order valence-electron chi connectivity index (χ1n) is 10.4. The lowest BCUT2D eigenvalue weighted by molar-refractivity contribution is -0.113. The average Bonchev–Trinajstić information content (AvgIpc) is 3.20. The number of rotatable bonds is 6. The van der Waals surface area contributed by atoms with Gasteiger partial charge in [0.05, 0.1) is 24.7 Å². The molecule has 0 bridgehead atoms. The number of hydrogen-bond acceptors (Lipinski definition) is 6. The van der Waals surface area contributed by atoms with E-state index >= 15 is 0 Å². The number of amides is 1. The Morgan fingerprint density at radius 3 is 2.65 bits per heavy atom. The third-order valence-electron chi connectivity index (χ3n) is 5.38. The van der Waals surface area contributed by atoms with Gasteiger partial charge in [0.15, 0.2) is 5.16 Å². The Morgan fingerprint density at radius 2 is 1.87 bits per heavy atom. The Balaban J connectivity index is 1.55. The SMILES string of the molecule is Cc1cccc(-n2c(SCC(=O)Nc3cccc(C)c3C)nnc2N2CCOCC2)c1. The van der Waals surface area contributed by atoms with Crippen molar-refractivity contribution >= 4 is 29.3 Å². The maximum absolute atomic E-state index is 12.6. The van der Waals surface area contributed by atoms with Crippen molar-refractivity contribution in [3.8, 4) is 5.69 Å². The number of ether oxygens (including phenoxy) is 1. The van der Waals surface area contributed by atoms with E-state index in [1.54, 1.807) is 0 Å². The molecule has 2 aromatic carbocycles. The van der Waals surface area contributed by atoms with E-state index in [0.29, 0.717) is 18.4 Å². The zero-order chi connectivity index (χ0) is 21.8. The van der Waals surface area contributed by atoms with Crippen LogP contribution in [0, 0.1) is 20.8 Å². The van der Waals surface area contributed by atoms with Crippen LogP contribution >= 0.6 is 11.8 Å². The van der Waals surface area contributed by atoms with E-state index in [9.17, 15) is 4.79 Å². The topological polar surface area (TPSA) is 72.3 Å². The standard InChI is InChI=1S/C23H27N5O2S/c1-16-6-4-8-19(14-16)28-22(27-10-12-30-13-11-27)25-26-23(28)31-15-21(29)24-20-9-5-7-17(2)18(20)3/h4-9,14H,10-13,15H2,1-3H3,(H,24,29). The lowest BCUT2D eigenvalue weighted by Crippen LogP contribution is -2.37. The molecule has 4 rings (SSSR count). The van der Waals surface area contributed by atoms with Crippen LogP contribution in [0.3, 0.4) is 0 Å². The van der Waals surface area contributed by atoms with Gasteiger partial charge in [-0.15, -0.1) is 10.2 Å². The number of anilines is 2. The van der Waals surface area contributed by atoms with Gasteiger partial charge in [0.2, 0.25) is 11.9 Å². The predicted octanol–water partition coefficient (Wildman–Crippen LogP) is 3.76. The number of benzene rings is 2. The van der Waals surface area contributed by atoms with E-state index in [-0.39, 0.29) is 11.7 Å². The summed E-state index contributed by atoms with van der Waals surface area (Å²) in [5.74, 6) is 0.970. The van der Waals surface area contributed by atoms with Gasteiger partial charge in [-0.2, -0.15) is 0 Å². The summed E-state index contributed by atoms with van der Waals surface area (Å²) in [5.41, 5.74) is 5.23. The monoisotopic (exact) mass is 437 g/mol. The molecule has 1 saturated heterocycles. The Kier molecular flexibility index (Phi) is 6.58. The lowest BCUT2D eigenvalue weighted by Gasteiger charge is -2.28. The van der Waals surface area contributed by atoms with Crippen molar-refractivity contribution < 1.29 is 9.53 Å². The quantitative estimate of drug-likeness (QED) is 0.592. The highest BCUT2D eigenvalue weighted by Crippen LogP contribution is 2.28. The van der Waals surface area contributed by atoms with Crippen LogP contribution in [-0.4, -0.2) is 52.7 Å². The van der Waals surface area contributed by atoms with Crippen LogP contribution in [0.1, 0.15) is 16.7 Å². The first-order chi connectivity index (χ1) is 15.0. The van der Waals surface area contributed by atoms with Gasteiger partial charge < -0.3 is 15.0 Å². The van der Waals surface area contributed by atoms with E-state index in [1.807, 2.05) is 48.7 Å². The molecule has 0 unspecified atom stereocenters. The second kappa shape index (κ2) is 9.53. The normalized spacial score (nSPS) is 14.0. The molecule has 31 heavy (non-hydrogen) atoms. The Bertz CT molecular complexity index is 1080. The molecule has 1 amide bonds. The lowest BCUT2D eigenvalue weighted by atomic mass is 10.1. The Morgan fingerprint density at radius 1 is 1.10 bits per heavy atom. The number of thioether (sulfide) groups is 1. The third-order valence-corrected chi connectivity index (χ3v) is 6.31. The van der Waals surface area contributed by atoms with Crippen molar-refractivity contribution in [3.63, 3.8) is 0 Å². The van der Waals surface area contributed by atoms with Crippen molar-refractivity contribution in [3.05, 3.63) is 59.2 Å². The second-order valence-corrected chi connectivity index (χ2v) is 8.58. The van der Waals surface area contributed by atoms with E-state index in [4.69, 9.17) is 4.74 Å². The van der Waals surface area contributed by atoms with E-state index < -0.39 is 0 Å². The molecule has 2 heterocycles. The number of nitrogens with zero attached hydrogens (tertiary/aromatic N) is 4. The zero-order valence-electron chi connectivity index (χ0n) is 18.1. The highest BCUT2D eigenvalue weighted by Gasteiger charge is 2.22. The van der Waals surface area contributed by atoms with E-state index in [2.05, 4.69) is 39.5 Å². The average molecular weight is 438 g/mol. The maximum atomic E-state index is 12.6. The summed E-state index contributed by atoms with van der Waals surface area (Å²) >= 11 is 1.39.